The molecular weight excluding hydrogens is 278 g/mol. The zero-order valence-corrected chi connectivity index (χ0v) is 11.2. The summed E-state index contributed by atoms with van der Waals surface area (Å²) in [5, 5.41) is 10.5. The Morgan fingerprint density at radius 1 is 1.35 bits per heavy atom. The lowest BCUT2D eigenvalue weighted by molar-refractivity contribution is 0.549. The number of nitrogens with zero attached hydrogens (tertiary/aromatic N) is 4. The highest BCUT2D eigenvalue weighted by Crippen LogP contribution is 2.18. The predicted molar refractivity (Wildman–Crippen MR) is 73.4 cm³/mol. The van der Waals surface area contributed by atoms with E-state index in [2.05, 4.69) is 20.3 Å². The Kier molecular flexibility index (Phi) is 2.99. The minimum atomic E-state index is -0.324. The van der Waals surface area contributed by atoms with E-state index in [-0.39, 0.29) is 21.9 Å². The van der Waals surface area contributed by atoms with Crippen LogP contribution in [-0.4, -0.2) is 25.0 Å². The molecule has 3 aromatic rings. The maximum atomic E-state index is 12.1. The molecule has 100 valence electrons. The molecule has 0 saturated carbocycles. The number of hydrogen-bond donors (Lipinski definition) is 1. The van der Waals surface area contributed by atoms with Gasteiger partial charge in [0.05, 0.1) is 5.69 Å². The monoisotopic (exact) mass is 287 g/mol. The van der Waals surface area contributed by atoms with Crippen molar-refractivity contribution in [3.8, 4) is 22.8 Å². The van der Waals surface area contributed by atoms with E-state index in [0.29, 0.717) is 11.4 Å². The Morgan fingerprint density at radius 2 is 2.20 bits per heavy atom. The van der Waals surface area contributed by atoms with Crippen molar-refractivity contribution in [2.24, 2.45) is 7.05 Å². The molecule has 0 aromatic carbocycles. The minimum Gasteiger partial charge on any atom is -0.409 e. The summed E-state index contributed by atoms with van der Waals surface area (Å²) in [6, 6.07) is 7.03. The Bertz CT molecular complexity index is 865. The second-order valence-corrected chi connectivity index (χ2v) is 4.38. The average molecular weight is 287 g/mol. The van der Waals surface area contributed by atoms with Crippen LogP contribution in [0.3, 0.4) is 0 Å². The topological polar surface area (TPSA) is 89.6 Å². The molecular formula is C12H9N5O2S. The summed E-state index contributed by atoms with van der Waals surface area (Å²) >= 11 is 4.81. The summed E-state index contributed by atoms with van der Waals surface area (Å²) in [6.45, 7) is 0. The van der Waals surface area contributed by atoms with Gasteiger partial charge in [-0.3, -0.25) is 9.78 Å². The Balaban J connectivity index is 2.23. The Morgan fingerprint density at radius 3 is 2.85 bits per heavy atom. The van der Waals surface area contributed by atoms with Crippen LogP contribution in [0.2, 0.25) is 0 Å². The minimum absolute atomic E-state index is 0.109. The number of hydrogen-bond acceptors (Lipinski definition) is 6. The van der Waals surface area contributed by atoms with E-state index >= 15 is 0 Å². The highest BCUT2D eigenvalue weighted by Gasteiger charge is 2.14. The quantitative estimate of drug-likeness (QED) is 0.719. The summed E-state index contributed by atoms with van der Waals surface area (Å²) < 4.78 is 6.40. The summed E-state index contributed by atoms with van der Waals surface area (Å²) in [4.78, 5) is 16.4. The number of aromatic nitrogens is 5. The van der Waals surface area contributed by atoms with Crippen molar-refractivity contribution in [3.63, 3.8) is 0 Å². The van der Waals surface area contributed by atoms with E-state index in [4.69, 9.17) is 16.6 Å². The van der Waals surface area contributed by atoms with Gasteiger partial charge in [0.1, 0.15) is 11.3 Å². The molecule has 7 nitrogen and oxygen atoms in total. The third-order valence-electron chi connectivity index (χ3n) is 2.66. The molecule has 0 spiro atoms. The van der Waals surface area contributed by atoms with Crippen molar-refractivity contribution in [3.05, 3.63) is 45.7 Å². The van der Waals surface area contributed by atoms with Gasteiger partial charge < -0.3 is 4.42 Å². The van der Waals surface area contributed by atoms with Crippen LogP contribution in [0.5, 0.6) is 0 Å². The molecule has 0 aliphatic carbocycles. The highest BCUT2D eigenvalue weighted by molar-refractivity contribution is 7.71. The molecule has 20 heavy (non-hydrogen) atoms. The molecule has 8 heteroatoms. The zero-order chi connectivity index (χ0) is 14.1. The molecule has 0 fully saturated rings. The first-order chi connectivity index (χ1) is 9.65. The van der Waals surface area contributed by atoms with Crippen molar-refractivity contribution in [2.75, 3.05) is 0 Å². The fourth-order valence-corrected chi connectivity index (χ4v) is 1.87. The van der Waals surface area contributed by atoms with Crippen LogP contribution in [0.15, 0.2) is 39.7 Å². The van der Waals surface area contributed by atoms with Crippen LogP contribution in [0.4, 0.5) is 0 Å². The van der Waals surface area contributed by atoms with Crippen LogP contribution in [0.1, 0.15) is 0 Å². The first kappa shape index (κ1) is 12.4. The summed E-state index contributed by atoms with van der Waals surface area (Å²) in [5.41, 5.74) is 1.15. The summed E-state index contributed by atoms with van der Waals surface area (Å²) in [5.74, 6) is 0.134. The number of pyridine rings is 1. The smallest absolute Gasteiger partial charge is 0.284 e. The zero-order valence-electron chi connectivity index (χ0n) is 10.4. The SMILES string of the molecule is Cn1nc(-c2ccccn2)cc(-c2n[nH]c(=S)o2)c1=O. The van der Waals surface area contributed by atoms with E-state index in [1.807, 2.05) is 6.07 Å². The van der Waals surface area contributed by atoms with E-state index in [1.54, 1.807) is 31.4 Å². The lowest BCUT2D eigenvalue weighted by Gasteiger charge is -2.04. The number of H-pyrrole nitrogens is 1. The highest BCUT2D eigenvalue weighted by atomic mass is 32.1. The van der Waals surface area contributed by atoms with Gasteiger partial charge >= 0.3 is 0 Å². The lowest BCUT2D eigenvalue weighted by Crippen LogP contribution is -2.22. The summed E-state index contributed by atoms with van der Waals surface area (Å²) in [7, 11) is 1.56. The first-order valence-electron chi connectivity index (χ1n) is 5.71. The summed E-state index contributed by atoms with van der Waals surface area (Å²) in [6.07, 6.45) is 1.65. The van der Waals surface area contributed by atoms with Crippen molar-refractivity contribution in [1.82, 2.24) is 25.0 Å². The van der Waals surface area contributed by atoms with Crippen molar-refractivity contribution < 1.29 is 4.42 Å². The molecule has 0 aliphatic heterocycles. The number of nitrogens with one attached hydrogen (secondary N) is 1. The van der Waals surface area contributed by atoms with Crippen LogP contribution < -0.4 is 5.56 Å². The molecule has 0 bridgehead atoms. The molecule has 0 amide bonds. The van der Waals surface area contributed by atoms with Crippen LogP contribution in [0, 0.1) is 4.84 Å². The van der Waals surface area contributed by atoms with E-state index < -0.39 is 0 Å². The average Bonchev–Trinajstić information content (AvgIpc) is 2.89. The van der Waals surface area contributed by atoms with Gasteiger partial charge in [0, 0.05) is 13.2 Å². The first-order valence-corrected chi connectivity index (χ1v) is 6.11. The van der Waals surface area contributed by atoms with Gasteiger partial charge in [0.2, 0.25) is 0 Å². The molecule has 1 N–H and O–H groups in total. The third kappa shape index (κ3) is 2.16. The molecule has 3 aromatic heterocycles. The molecule has 0 saturated heterocycles. The molecule has 0 atom stereocenters. The Labute approximate surface area is 117 Å². The largest absolute Gasteiger partial charge is 0.409 e. The second-order valence-electron chi connectivity index (χ2n) is 4.01. The number of rotatable bonds is 2. The molecule has 0 aliphatic rings. The van der Waals surface area contributed by atoms with Gasteiger partial charge in [0.25, 0.3) is 16.3 Å². The predicted octanol–water partition coefficient (Wildman–Crippen LogP) is 1.55. The van der Waals surface area contributed by atoms with Crippen LogP contribution in [-0.2, 0) is 7.05 Å². The van der Waals surface area contributed by atoms with Gasteiger partial charge in [-0.25, -0.2) is 9.78 Å². The van der Waals surface area contributed by atoms with E-state index in [9.17, 15) is 4.79 Å². The fourth-order valence-electron chi connectivity index (χ4n) is 1.75. The number of aryl methyl sites for hydroxylation is 1. The maximum Gasteiger partial charge on any atom is 0.284 e. The lowest BCUT2D eigenvalue weighted by atomic mass is 10.2. The van der Waals surface area contributed by atoms with Gasteiger partial charge in [-0.05, 0) is 30.4 Å². The molecule has 0 unspecified atom stereocenters. The molecule has 3 rings (SSSR count). The standard InChI is InChI=1S/C12H9N5O2S/c1-17-11(18)7(10-14-15-12(20)19-10)6-9(16-17)8-4-2-3-5-13-8/h2-6H,1H3,(H,15,20). The number of aromatic amines is 1. The van der Waals surface area contributed by atoms with Crippen molar-refractivity contribution >= 4 is 12.2 Å². The van der Waals surface area contributed by atoms with Gasteiger partial charge in [-0.15, -0.1) is 5.10 Å². The second kappa shape index (κ2) is 4.82. The third-order valence-corrected chi connectivity index (χ3v) is 2.83. The van der Waals surface area contributed by atoms with Crippen molar-refractivity contribution in [1.29, 1.82) is 0 Å². The van der Waals surface area contributed by atoms with Gasteiger partial charge in [-0.2, -0.15) is 5.10 Å². The Hall–Kier alpha value is -2.61. The van der Waals surface area contributed by atoms with Gasteiger partial charge in [0.15, 0.2) is 0 Å². The maximum absolute atomic E-state index is 12.1. The molecule has 0 radical (unpaired) electrons. The fraction of sp³-hybridized carbons (Fsp3) is 0.0833. The molecule has 3 heterocycles. The van der Waals surface area contributed by atoms with Crippen molar-refractivity contribution in [2.45, 2.75) is 0 Å². The normalized spacial score (nSPS) is 10.7. The van der Waals surface area contributed by atoms with Crippen LogP contribution >= 0.6 is 12.2 Å². The van der Waals surface area contributed by atoms with E-state index in [1.165, 1.54) is 4.68 Å². The van der Waals surface area contributed by atoms with Gasteiger partial charge in [-0.1, -0.05) is 6.07 Å². The van der Waals surface area contributed by atoms with E-state index in [0.717, 1.165) is 0 Å². The van der Waals surface area contributed by atoms with Crippen LogP contribution in [0.25, 0.3) is 22.8 Å².